The van der Waals surface area contributed by atoms with Crippen LogP contribution in [0.2, 0.25) is 0 Å². The maximum absolute atomic E-state index is 13.7. The lowest BCUT2D eigenvalue weighted by atomic mass is 10.00. The average Bonchev–Trinajstić information content (AvgIpc) is 2.75. The minimum Gasteiger partial charge on any atom is -0.488 e. The predicted octanol–water partition coefficient (Wildman–Crippen LogP) is 3.31. The molecule has 1 atom stereocenters. The third-order valence-corrected chi connectivity index (χ3v) is 5.47. The number of anilines is 1. The SMILES string of the molecule is CC(=O)Nc1ccccc1OCC(C)(O)CN(Cc1ccc(F)c(F)c1)C1CCNCC1. The van der Waals surface area contributed by atoms with Gasteiger partial charge in [0, 0.05) is 26.1 Å². The molecule has 1 aliphatic heterocycles. The van der Waals surface area contributed by atoms with Gasteiger partial charge in [-0.2, -0.15) is 0 Å². The number of nitrogens with one attached hydrogen (secondary N) is 2. The van der Waals surface area contributed by atoms with Crippen LogP contribution in [0, 0.1) is 11.6 Å². The molecule has 0 aromatic heterocycles. The third-order valence-electron chi connectivity index (χ3n) is 5.47. The highest BCUT2D eigenvalue weighted by atomic mass is 19.2. The van der Waals surface area contributed by atoms with Gasteiger partial charge in [0.15, 0.2) is 11.6 Å². The van der Waals surface area contributed by atoms with Gasteiger partial charge in [0.05, 0.1) is 5.69 Å². The Morgan fingerprint density at radius 3 is 2.62 bits per heavy atom. The molecule has 2 aromatic rings. The van der Waals surface area contributed by atoms with Crippen LogP contribution >= 0.6 is 0 Å². The van der Waals surface area contributed by atoms with Crippen molar-refractivity contribution in [2.24, 2.45) is 0 Å². The highest BCUT2D eigenvalue weighted by molar-refractivity contribution is 5.90. The number of hydrogen-bond donors (Lipinski definition) is 3. The Balaban J connectivity index is 1.71. The van der Waals surface area contributed by atoms with Gasteiger partial charge in [0.1, 0.15) is 18.0 Å². The minimum absolute atomic E-state index is 0.00282. The van der Waals surface area contributed by atoms with Crippen molar-refractivity contribution in [1.82, 2.24) is 10.2 Å². The van der Waals surface area contributed by atoms with Crippen molar-refractivity contribution in [3.63, 3.8) is 0 Å². The molecule has 0 spiro atoms. The lowest BCUT2D eigenvalue weighted by Gasteiger charge is -2.39. The fourth-order valence-corrected chi connectivity index (χ4v) is 3.96. The van der Waals surface area contributed by atoms with Crippen molar-refractivity contribution in [1.29, 1.82) is 0 Å². The first-order valence-electron chi connectivity index (χ1n) is 10.8. The molecule has 6 nitrogen and oxygen atoms in total. The highest BCUT2D eigenvalue weighted by Crippen LogP contribution is 2.26. The number of hydrogen-bond acceptors (Lipinski definition) is 5. The Morgan fingerprint density at radius 2 is 1.94 bits per heavy atom. The maximum atomic E-state index is 13.7. The Hall–Kier alpha value is -2.55. The van der Waals surface area contributed by atoms with Gasteiger partial charge in [-0.3, -0.25) is 9.69 Å². The molecule has 1 amide bonds. The second-order valence-electron chi connectivity index (χ2n) is 8.60. The van der Waals surface area contributed by atoms with E-state index < -0.39 is 17.2 Å². The Morgan fingerprint density at radius 1 is 1.22 bits per heavy atom. The maximum Gasteiger partial charge on any atom is 0.221 e. The smallest absolute Gasteiger partial charge is 0.221 e. The molecule has 3 rings (SSSR count). The zero-order valence-electron chi connectivity index (χ0n) is 18.5. The van der Waals surface area contributed by atoms with Crippen molar-refractivity contribution in [2.75, 3.05) is 31.6 Å². The van der Waals surface area contributed by atoms with E-state index in [1.54, 1.807) is 37.3 Å². The number of halogens is 2. The summed E-state index contributed by atoms with van der Waals surface area (Å²) in [5, 5.41) is 17.2. The quantitative estimate of drug-likeness (QED) is 0.550. The number of para-hydroxylation sites is 2. The van der Waals surface area contributed by atoms with E-state index in [0.29, 0.717) is 30.1 Å². The number of ether oxygens (including phenoxy) is 1. The van der Waals surface area contributed by atoms with Gasteiger partial charge >= 0.3 is 0 Å². The van der Waals surface area contributed by atoms with Crippen LogP contribution in [0.4, 0.5) is 14.5 Å². The predicted molar refractivity (Wildman–Crippen MR) is 120 cm³/mol. The summed E-state index contributed by atoms with van der Waals surface area (Å²) in [4.78, 5) is 13.5. The first kappa shape index (κ1) is 24.1. The molecule has 0 aliphatic carbocycles. The minimum atomic E-state index is -1.22. The van der Waals surface area contributed by atoms with Crippen molar-refractivity contribution >= 4 is 11.6 Å². The van der Waals surface area contributed by atoms with E-state index in [0.717, 1.165) is 32.0 Å². The molecule has 1 aliphatic rings. The molecule has 3 N–H and O–H groups in total. The van der Waals surface area contributed by atoms with Crippen LogP contribution in [0.1, 0.15) is 32.3 Å². The second kappa shape index (κ2) is 10.8. The van der Waals surface area contributed by atoms with Gasteiger partial charge in [0.2, 0.25) is 5.91 Å². The molecule has 2 aromatic carbocycles. The first-order valence-corrected chi connectivity index (χ1v) is 10.8. The van der Waals surface area contributed by atoms with Gasteiger partial charge < -0.3 is 20.5 Å². The summed E-state index contributed by atoms with van der Waals surface area (Å²) < 4.78 is 33.0. The van der Waals surface area contributed by atoms with E-state index >= 15 is 0 Å². The molecule has 1 fully saturated rings. The molecule has 1 heterocycles. The van der Waals surface area contributed by atoms with Crippen molar-refractivity contribution in [3.05, 3.63) is 59.7 Å². The van der Waals surface area contributed by atoms with Gasteiger partial charge in [-0.25, -0.2) is 8.78 Å². The van der Waals surface area contributed by atoms with E-state index in [2.05, 4.69) is 15.5 Å². The zero-order valence-corrected chi connectivity index (χ0v) is 18.5. The van der Waals surface area contributed by atoms with Crippen LogP contribution in [0.3, 0.4) is 0 Å². The summed E-state index contributed by atoms with van der Waals surface area (Å²) in [5.74, 6) is -1.49. The topological polar surface area (TPSA) is 73.8 Å². The summed E-state index contributed by atoms with van der Waals surface area (Å²) in [5.41, 5.74) is -0.0322. The molecule has 0 radical (unpaired) electrons. The summed E-state index contributed by atoms with van der Waals surface area (Å²) in [7, 11) is 0. The molecule has 0 saturated carbocycles. The number of benzene rings is 2. The van der Waals surface area contributed by atoms with Crippen LogP contribution in [0.5, 0.6) is 5.75 Å². The molecule has 8 heteroatoms. The van der Waals surface area contributed by atoms with Crippen LogP contribution < -0.4 is 15.4 Å². The summed E-state index contributed by atoms with van der Waals surface area (Å²) in [6.45, 7) is 5.52. The molecule has 32 heavy (non-hydrogen) atoms. The van der Waals surface area contributed by atoms with Crippen molar-refractivity contribution < 1.29 is 23.4 Å². The molecule has 0 bridgehead atoms. The Kier molecular flexibility index (Phi) is 8.17. The summed E-state index contributed by atoms with van der Waals surface area (Å²) in [6, 6.07) is 11.1. The van der Waals surface area contributed by atoms with E-state index in [9.17, 15) is 18.7 Å². The van der Waals surface area contributed by atoms with Gasteiger partial charge in [-0.1, -0.05) is 18.2 Å². The van der Waals surface area contributed by atoms with Gasteiger partial charge in [-0.15, -0.1) is 0 Å². The largest absolute Gasteiger partial charge is 0.488 e. The molecular weight excluding hydrogens is 416 g/mol. The summed E-state index contributed by atoms with van der Waals surface area (Å²) >= 11 is 0. The van der Waals surface area contributed by atoms with E-state index in [1.807, 2.05) is 0 Å². The highest BCUT2D eigenvalue weighted by Gasteiger charge is 2.30. The molecular formula is C24H31F2N3O3. The molecule has 174 valence electrons. The monoisotopic (exact) mass is 447 g/mol. The van der Waals surface area contributed by atoms with Crippen LogP contribution in [-0.4, -0.2) is 53.8 Å². The molecule has 1 unspecified atom stereocenters. The second-order valence-corrected chi connectivity index (χ2v) is 8.60. The summed E-state index contributed by atoms with van der Waals surface area (Å²) in [6.07, 6.45) is 1.79. The van der Waals surface area contributed by atoms with Crippen LogP contribution in [0.15, 0.2) is 42.5 Å². The lowest BCUT2D eigenvalue weighted by Crippen LogP contribution is -2.51. The number of amides is 1. The van der Waals surface area contributed by atoms with Gasteiger partial charge in [0.25, 0.3) is 0 Å². The average molecular weight is 448 g/mol. The van der Waals surface area contributed by atoms with Crippen molar-refractivity contribution in [2.45, 2.75) is 44.9 Å². The normalized spacial score (nSPS) is 16.6. The first-order chi connectivity index (χ1) is 15.2. The number of piperidine rings is 1. The Bertz CT molecular complexity index is 917. The lowest BCUT2D eigenvalue weighted by molar-refractivity contribution is -0.114. The number of nitrogens with zero attached hydrogens (tertiary/aromatic N) is 1. The van der Waals surface area contributed by atoms with Crippen LogP contribution in [-0.2, 0) is 11.3 Å². The van der Waals surface area contributed by atoms with Crippen molar-refractivity contribution in [3.8, 4) is 5.75 Å². The standard InChI is InChI=1S/C24H31F2N3O3/c1-17(30)28-22-5-3-4-6-23(22)32-16-24(2,31)15-29(19-9-11-27-12-10-19)14-18-7-8-20(25)21(26)13-18/h3-8,13,19,27,31H,9-12,14-16H2,1-2H3,(H,28,30). The number of carbonyl (C=O) groups is 1. The third kappa shape index (κ3) is 6.98. The Labute approximate surface area is 187 Å². The van der Waals surface area contributed by atoms with Crippen LogP contribution in [0.25, 0.3) is 0 Å². The molecule has 1 saturated heterocycles. The fourth-order valence-electron chi connectivity index (χ4n) is 3.96. The van der Waals surface area contributed by atoms with E-state index in [-0.39, 0.29) is 18.6 Å². The van der Waals surface area contributed by atoms with E-state index in [1.165, 1.54) is 13.0 Å². The number of aliphatic hydroxyl groups is 1. The van der Waals surface area contributed by atoms with Gasteiger partial charge in [-0.05, 0) is 62.7 Å². The fraction of sp³-hybridized carbons (Fsp3) is 0.458. The number of carbonyl (C=O) groups excluding carboxylic acids is 1. The van der Waals surface area contributed by atoms with E-state index in [4.69, 9.17) is 4.74 Å². The zero-order chi connectivity index (χ0) is 23.1. The number of rotatable bonds is 9.